The molecule has 0 fully saturated rings. The highest BCUT2D eigenvalue weighted by atomic mass is 16.5. The molecule has 124 valence electrons. The molecule has 0 aliphatic heterocycles. The Kier molecular flexibility index (Phi) is 3.92. The van der Waals surface area contributed by atoms with Gasteiger partial charge >= 0.3 is 0 Å². The maximum atomic E-state index is 12.8. The fraction of sp³-hybridized carbons (Fsp3) is 0.294. The minimum Gasteiger partial charge on any atom is -0.335 e. The largest absolute Gasteiger partial charge is 0.335 e. The van der Waals surface area contributed by atoms with Crippen LogP contribution in [0.5, 0.6) is 0 Å². The number of hydrogen-bond donors (Lipinski definition) is 0. The van der Waals surface area contributed by atoms with E-state index in [4.69, 9.17) is 4.52 Å². The van der Waals surface area contributed by atoms with Crippen molar-refractivity contribution < 1.29 is 9.32 Å². The van der Waals surface area contributed by atoms with E-state index in [-0.39, 0.29) is 17.2 Å². The Hall–Kier alpha value is -2.96. The number of aryl methyl sites for hydroxylation is 2. The molecule has 1 amide bonds. The number of aromatic nitrogens is 3. The second-order valence-electron chi connectivity index (χ2n) is 5.82. The van der Waals surface area contributed by atoms with Crippen molar-refractivity contribution in [1.29, 1.82) is 0 Å². The Morgan fingerprint density at radius 3 is 2.79 bits per heavy atom. The minimum atomic E-state index is -0.700. The molecular weight excluding hydrogens is 308 g/mol. The lowest BCUT2D eigenvalue weighted by atomic mass is 10.2. The van der Waals surface area contributed by atoms with E-state index >= 15 is 0 Å². The van der Waals surface area contributed by atoms with E-state index in [1.54, 1.807) is 20.9 Å². The Morgan fingerprint density at radius 2 is 2.08 bits per heavy atom. The fourth-order valence-corrected chi connectivity index (χ4v) is 2.63. The van der Waals surface area contributed by atoms with Gasteiger partial charge in [-0.25, -0.2) is 4.98 Å². The van der Waals surface area contributed by atoms with Crippen LogP contribution in [-0.2, 0) is 4.79 Å². The molecule has 2 heterocycles. The second-order valence-corrected chi connectivity index (χ2v) is 5.82. The number of amides is 1. The second kappa shape index (κ2) is 5.92. The van der Waals surface area contributed by atoms with Gasteiger partial charge in [0.15, 0.2) is 0 Å². The maximum absolute atomic E-state index is 12.8. The van der Waals surface area contributed by atoms with Gasteiger partial charge in [-0.1, -0.05) is 17.3 Å². The summed E-state index contributed by atoms with van der Waals surface area (Å²) in [7, 11) is 1.69. The summed E-state index contributed by atoms with van der Waals surface area (Å²) in [6.07, 6.45) is 1.32. The van der Waals surface area contributed by atoms with E-state index in [9.17, 15) is 9.59 Å². The molecule has 1 atom stereocenters. The van der Waals surface area contributed by atoms with Crippen LogP contribution >= 0.6 is 0 Å². The molecule has 0 saturated heterocycles. The van der Waals surface area contributed by atoms with Crippen LogP contribution < -0.4 is 10.5 Å². The molecule has 0 saturated carbocycles. The van der Waals surface area contributed by atoms with Gasteiger partial charge in [-0.15, -0.1) is 0 Å². The van der Waals surface area contributed by atoms with Gasteiger partial charge in [-0.05, 0) is 38.5 Å². The number of nitrogens with zero attached hydrogens (tertiary/aromatic N) is 4. The monoisotopic (exact) mass is 326 g/mol. The molecule has 24 heavy (non-hydrogen) atoms. The van der Waals surface area contributed by atoms with Crippen molar-refractivity contribution in [1.82, 2.24) is 14.7 Å². The van der Waals surface area contributed by atoms with E-state index in [1.165, 1.54) is 15.8 Å². The van der Waals surface area contributed by atoms with Crippen LogP contribution in [0.2, 0.25) is 0 Å². The number of hydrogen-bond acceptors (Lipinski definition) is 5. The van der Waals surface area contributed by atoms with Gasteiger partial charge in [0.2, 0.25) is 5.91 Å². The van der Waals surface area contributed by atoms with Crippen LogP contribution in [-0.4, -0.2) is 27.7 Å². The number of carbonyl (C=O) groups excluding carboxylic acids is 1. The molecule has 3 rings (SSSR count). The van der Waals surface area contributed by atoms with Crippen molar-refractivity contribution in [3.63, 3.8) is 0 Å². The van der Waals surface area contributed by atoms with Gasteiger partial charge in [0.25, 0.3) is 11.3 Å². The van der Waals surface area contributed by atoms with Gasteiger partial charge in [0, 0.05) is 12.7 Å². The van der Waals surface area contributed by atoms with Crippen molar-refractivity contribution in [2.24, 2.45) is 0 Å². The van der Waals surface area contributed by atoms with Gasteiger partial charge < -0.3 is 9.42 Å². The molecule has 0 radical (unpaired) electrons. The van der Waals surface area contributed by atoms with Gasteiger partial charge in [0.1, 0.15) is 17.8 Å². The fourth-order valence-electron chi connectivity index (χ4n) is 2.63. The topological polar surface area (TPSA) is 81.2 Å². The Morgan fingerprint density at radius 1 is 1.33 bits per heavy atom. The van der Waals surface area contributed by atoms with E-state index < -0.39 is 6.04 Å². The van der Waals surface area contributed by atoms with Crippen LogP contribution in [0.1, 0.15) is 24.2 Å². The molecule has 2 aromatic heterocycles. The zero-order valence-electron chi connectivity index (χ0n) is 14.0. The average Bonchev–Trinajstić information content (AvgIpc) is 2.95. The highest BCUT2D eigenvalue weighted by Crippen LogP contribution is 2.19. The lowest BCUT2D eigenvalue weighted by molar-refractivity contribution is -0.121. The van der Waals surface area contributed by atoms with E-state index in [0.29, 0.717) is 11.1 Å². The summed E-state index contributed by atoms with van der Waals surface area (Å²) in [5, 5.41) is 4.05. The molecule has 0 bridgehead atoms. The first-order chi connectivity index (χ1) is 11.4. The number of benzene rings is 1. The number of fused-ring (bicyclic) bond motifs is 1. The van der Waals surface area contributed by atoms with Crippen molar-refractivity contribution in [2.45, 2.75) is 26.8 Å². The normalized spacial score (nSPS) is 12.3. The number of rotatable bonds is 3. The SMILES string of the molecule is Cc1cccc(N(C)C(=O)[C@@H](C)n2cnc3onc(C)c3c2=O)c1. The molecule has 1 aromatic carbocycles. The summed E-state index contributed by atoms with van der Waals surface area (Å²) in [4.78, 5) is 31.0. The summed E-state index contributed by atoms with van der Waals surface area (Å²) < 4.78 is 6.29. The predicted octanol–water partition coefficient (Wildman–Crippen LogP) is 2.23. The molecule has 7 nitrogen and oxygen atoms in total. The third-order valence-corrected chi connectivity index (χ3v) is 4.09. The summed E-state index contributed by atoms with van der Waals surface area (Å²) in [5.41, 5.74) is 2.14. The molecule has 0 N–H and O–H groups in total. The first kappa shape index (κ1) is 15.9. The standard InChI is InChI=1S/C17H18N4O3/c1-10-6-5-7-13(8-10)20(4)16(22)12(3)21-9-18-15-14(17(21)23)11(2)19-24-15/h5-9,12H,1-4H3/t12-/m1/s1. The molecule has 0 spiro atoms. The van der Waals surface area contributed by atoms with E-state index in [2.05, 4.69) is 10.1 Å². The smallest absolute Gasteiger partial charge is 0.267 e. The first-order valence-corrected chi connectivity index (χ1v) is 7.57. The zero-order valence-corrected chi connectivity index (χ0v) is 14.0. The summed E-state index contributed by atoms with van der Waals surface area (Å²) in [5.74, 6) is -0.210. The van der Waals surface area contributed by atoms with Crippen molar-refractivity contribution >= 4 is 22.7 Å². The molecule has 7 heteroatoms. The van der Waals surface area contributed by atoms with Crippen LogP contribution in [0.25, 0.3) is 11.1 Å². The summed E-state index contributed by atoms with van der Waals surface area (Å²) >= 11 is 0. The van der Waals surface area contributed by atoms with Crippen LogP contribution in [0, 0.1) is 13.8 Å². The summed E-state index contributed by atoms with van der Waals surface area (Å²) in [6.45, 7) is 5.30. The molecule has 0 unspecified atom stereocenters. The van der Waals surface area contributed by atoms with Gasteiger partial charge in [0.05, 0.1) is 5.69 Å². The van der Waals surface area contributed by atoms with Crippen molar-refractivity contribution in [2.75, 3.05) is 11.9 Å². The lowest BCUT2D eigenvalue weighted by Gasteiger charge is -2.23. The van der Waals surface area contributed by atoms with Crippen LogP contribution in [0.3, 0.4) is 0 Å². The molecule has 3 aromatic rings. The Balaban J connectivity index is 1.98. The van der Waals surface area contributed by atoms with E-state index in [1.807, 2.05) is 31.2 Å². The highest BCUT2D eigenvalue weighted by Gasteiger charge is 2.23. The molecule has 0 aliphatic carbocycles. The maximum Gasteiger partial charge on any atom is 0.267 e. The lowest BCUT2D eigenvalue weighted by Crippen LogP contribution is -2.37. The van der Waals surface area contributed by atoms with E-state index in [0.717, 1.165) is 11.3 Å². The average molecular weight is 326 g/mol. The number of anilines is 1. The third-order valence-electron chi connectivity index (χ3n) is 4.09. The Labute approximate surface area is 138 Å². The van der Waals surface area contributed by atoms with Crippen molar-refractivity contribution in [3.05, 3.63) is 52.2 Å². The highest BCUT2D eigenvalue weighted by molar-refractivity contribution is 5.95. The first-order valence-electron chi connectivity index (χ1n) is 7.57. The van der Waals surface area contributed by atoms with Gasteiger partial charge in [-0.3, -0.25) is 14.2 Å². The summed E-state index contributed by atoms with van der Waals surface area (Å²) in [6, 6.07) is 6.92. The predicted molar refractivity (Wildman–Crippen MR) is 90.1 cm³/mol. The molecular formula is C17H18N4O3. The number of likely N-dealkylation sites (N-methyl/N-ethyl adjacent to an activating group) is 1. The molecule has 0 aliphatic rings. The van der Waals surface area contributed by atoms with Crippen LogP contribution in [0.4, 0.5) is 5.69 Å². The van der Waals surface area contributed by atoms with Gasteiger partial charge in [-0.2, -0.15) is 0 Å². The van der Waals surface area contributed by atoms with Crippen molar-refractivity contribution in [3.8, 4) is 0 Å². The minimum absolute atomic E-state index is 0.181. The third kappa shape index (κ3) is 2.58. The van der Waals surface area contributed by atoms with Crippen LogP contribution in [0.15, 0.2) is 39.9 Å². The number of carbonyl (C=O) groups is 1. The Bertz CT molecular complexity index is 973. The quantitative estimate of drug-likeness (QED) is 0.737. The zero-order chi connectivity index (χ0) is 17.4.